The Kier molecular flexibility index (Phi) is 3.52. The molecular formula is C15H17N3O2. The minimum Gasteiger partial charge on any atom is -0.497 e. The number of benzene rings is 1. The zero-order valence-corrected chi connectivity index (χ0v) is 11.4. The normalized spacial score (nSPS) is 13.8. The van der Waals surface area contributed by atoms with E-state index in [1.54, 1.807) is 18.0 Å². The first-order valence-corrected chi connectivity index (χ1v) is 6.69. The molecule has 0 amide bonds. The van der Waals surface area contributed by atoms with Crippen LogP contribution in [0.3, 0.4) is 0 Å². The summed E-state index contributed by atoms with van der Waals surface area (Å²) in [6.45, 7) is 2.04. The van der Waals surface area contributed by atoms with Crippen molar-refractivity contribution in [1.82, 2.24) is 14.9 Å². The Labute approximate surface area is 117 Å². The second-order valence-electron chi connectivity index (χ2n) is 4.88. The molecule has 1 aromatic heterocycles. The van der Waals surface area contributed by atoms with E-state index >= 15 is 0 Å². The van der Waals surface area contributed by atoms with Gasteiger partial charge in [-0.1, -0.05) is 12.1 Å². The van der Waals surface area contributed by atoms with Crippen LogP contribution in [0.2, 0.25) is 0 Å². The Bertz CT molecular complexity index is 679. The van der Waals surface area contributed by atoms with Crippen LogP contribution < -0.4 is 15.6 Å². The quantitative estimate of drug-likeness (QED) is 0.903. The van der Waals surface area contributed by atoms with Crippen LogP contribution in [-0.2, 0) is 19.5 Å². The summed E-state index contributed by atoms with van der Waals surface area (Å²) in [5, 5.41) is 3.23. The minimum absolute atomic E-state index is 0.0688. The fourth-order valence-corrected chi connectivity index (χ4v) is 2.47. The Hall–Kier alpha value is -2.14. The maximum Gasteiger partial charge on any atom is 0.257 e. The lowest BCUT2D eigenvalue weighted by atomic mass is 10.1. The van der Waals surface area contributed by atoms with Crippen LogP contribution in [0.15, 0.2) is 35.4 Å². The highest BCUT2D eigenvalue weighted by Crippen LogP contribution is 2.13. The van der Waals surface area contributed by atoms with Gasteiger partial charge >= 0.3 is 0 Å². The summed E-state index contributed by atoms with van der Waals surface area (Å²) in [5.41, 5.74) is 2.82. The topological polar surface area (TPSA) is 56.2 Å². The Morgan fingerprint density at radius 1 is 1.45 bits per heavy atom. The highest BCUT2D eigenvalue weighted by molar-refractivity contribution is 5.29. The molecule has 0 bridgehead atoms. The van der Waals surface area contributed by atoms with Gasteiger partial charge in [-0.15, -0.1) is 0 Å². The summed E-state index contributed by atoms with van der Waals surface area (Å²) in [7, 11) is 1.64. The largest absolute Gasteiger partial charge is 0.497 e. The number of nitrogens with zero attached hydrogens (tertiary/aromatic N) is 2. The molecule has 104 valence electrons. The SMILES string of the molecule is COc1cccc(Cn2cnc3c(c2=O)CCNC3)c1. The van der Waals surface area contributed by atoms with E-state index in [1.807, 2.05) is 24.3 Å². The van der Waals surface area contributed by atoms with Crippen LogP contribution in [-0.4, -0.2) is 23.2 Å². The van der Waals surface area contributed by atoms with Crippen LogP contribution in [0.25, 0.3) is 0 Å². The van der Waals surface area contributed by atoms with Gasteiger partial charge in [-0.2, -0.15) is 0 Å². The van der Waals surface area contributed by atoms with Gasteiger partial charge in [0.05, 0.1) is 25.7 Å². The molecule has 5 heteroatoms. The van der Waals surface area contributed by atoms with E-state index in [0.29, 0.717) is 13.1 Å². The molecule has 0 saturated heterocycles. The van der Waals surface area contributed by atoms with Crippen LogP contribution in [0, 0.1) is 0 Å². The summed E-state index contributed by atoms with van der Waals surface area (Å²) >= 11 is 0. The Balaban J connectivity index is 1.93. The summed E-state index contributed by atoms with van der Waals surface area (Å²) < 4.78 is 6.87. The zero-order chi connectivity index (χ0) is 13.9. The first-order valence-electron chi connectivity index (χ1n) is 6.69. The molecule has 0 fully saturated rings. The molecule has 1 aliphatic rings. The molecule has 20 heavy (non-hydrogen) atoms. The average molecular weight is 271 g/mol. The van der Waals surface area contributed by atoms with Gasteiger partial charge in [0, 0.05) is 12.1 Å². The van der Waals surface area contributed by atoms with Crippen molar-refractivity contribution in [3.05, 3.63) is 57.8 Å². The van der Waals surface area contributed by atoms with Crippen molar-refractivity contribution < 1.29 is 4.74 Å². The molecular weight excluding hydrogens is 254 g/mol. The van der Waals surface area contributed by atoms with Gasteiger partial charge in [-0.05, 0) is 30.7 Å². The van der Waals surface area contributed by atoms with Crippen molar-refractivity contribution in [1.29, 1.82) is 0 Å². The Morgan fingerprint density at radius 3 is 3.20 bits per heavy atom. The molecule has 0 aliphatic carbocycles. The maximum atomic E-state index is 12.4. The van der Waals surface area contributed by atoms with Crippen molar-refractivity contribution in [3.63, 3.8) is 0 Å². The minimum atomic E-state index is 0.0688. The van der Waals surface area contributed by atoms with Gasteiger partial charge in [-0.25, -0.2) is 4.98 Å². The molecule has 0 atom stereocenters. The predicted molar refractivity (Wildman–Crippen MR) is 76.0 cm³/mol. The molecule has 3 rings (SSSR count). The fraction of sp³-hybridized carbons (Fsp3) is 0.333. The number of rotatable bonds is 3. The van der Waals surface area contributed by atoms with Crippen molar-refractivity contribution in [3.8, 4) is 5.75 Å². The van der Waals surface area contributed by atoms with Crippen molar-refractivity contribution >= 4 is 0 Å². The molecule has 2 aromatic rings. The smallest absolute Gasteiger partial charge is 0.257 e. The molecule has 0 unspecified atom stereocenters. The highest BCUT2D eigenvalue weighted by atomic mass is 16.5. The molecule has 1 N–H and O–H groups in total. The van der Waals surface area contributed by atoms with Crippen LogP contribution >= 0.6 is 0 Å². The van der Waals surface area contributed by atoms with Crippen LogP contribution in [0.4, 0.5) is 0 Å². The number of hydrogen-bond acceptors (Lipinski definition) is 4. The summed E-state index contributed by atoms with van der Waals surface area (Å²) in [6.07, 6.45) is 2.38. The van der Waals surface area contributed by atoms with E-state index in [9.17, 15) is 4.79 Å². The van der Waals surface area contributed by atoms with E-state index in [-0.39, 0.29) is 5.56 Å². The number of methoxy groups -OCH3 is 1. The van der Waals surface area contributed by atoms with E-state index in [4.69, 9.17) is 4.74 Å². The van der Waals surface area contributed by atoms with Crippen molar-refractivity contribution in [2.75, 3.05) is 13.7 Å². The molecule has 0 saturated carbocycles. The fourth-order valence-electron chi connectivity index (χ4n) is 2.47. The van der Waals surface area contributed by atoms with Crippen molar-refractivity contribution in [2.45, 2.75) is 19.5 Å². The van der Waals surface area contributed by atoms with Gasteiger partial charge in [-0.3, -0.25) is 9.36 Å². The predicted octanol–water partition coefficient (Wildman–Crippen LogP) is 0.946. The van der Waals surface area contributed by atoms with E-state index in [1.165, 1.54) is 0 Å². The number of nitrogens with one attached hydrogen (secondary N) is 1. The van der Waals surface area contributed by atoms with Gasteiger partial charge in [0.2, 0.25) is 0 Å². The molecule has 1 aromatic carbocycles. The van der Waals surface area contributed by atoms with Crippen LogP contribution in [0.5, 0.6) is 5.75 Å². The van der Waals surface area contributed by atoms with Gasteiger partial charge in [0.1, 0.15) is 5.75 Å². The second kappa shape index (κ2) is 5.46. The summed E-state index contributed by atoms with van der Waals surface area (Å²) in [5.74, 6) is 0.797. The number of ether oxygens (including phenoxy) is 1. The third kappa shape index (κ3) is 2.44. The molecule has 5 nitrogen and oxygen atoms in total. The third-order valence-electron chi connectivity index (χ3n) is 3.55. The first-order chi connectivity index (χ1) is 9.78. The molecule has 2 heterocycles. The Morgan fingerprint density at radius 2 is 2.35 bits per heavy atom. The monoisotopic (exact) mass is 271 g/mol. The second-order valence-corrected chi connectivity index (χ2v) is 4.88. The van der Waals surface area contributed by atoms with E-state index in [0.717, 1.165) is 35.5 Å². The van der Waals surface area contributed by atoms with E-state index in [2.05, 4.69) is 10.3 Å². The van der Waals surface area contributed by atoms with Gasteiger partial charge in [0.25, 0.3) is 5.56 Å². The standard InChI is InChI=1S/C15H17N3O2/c1-20-12-4-2-3-11(7-12)9-18-10-17-14-8-16-6-5-13(14)15(18)19/h2-4,7,10,16H,5-6,8-9H2,1H3. The highest BCUT2D eigenvalue weighted by Gasteiger charge is 2.15. The number of fused-ring (bicyclic) bond motifs is 1. The third-order valence-corrected chi connectivity index (χ3v) is 3.55. The summed E-state index contributed by atoms with van der Waals surface area (Å²) in [4.78, 5) is 16.8. The molecule has 0 spiro atoms. The van der Waals surface area contributed by atoms with Crippen LogP contribution in [0.1, 0.15) is 16.8 Å². The lowest BCUT2D eigenvalue weighted by molar-refractivity contribution is 0.414. The summed E-state index contributed by atoms with van der Waals surface area (Å²) in [6, 6.07) is 7.74. The first kappa shape index (κ1) is 12.9. The average Bonchev–Trinajstić information content (AvgIpc) is 2.50. The molecule has 1 aliphatic heterocycles. The lowest BCUT2D eigenvalue weighted by Gasteiger charge is -2.17. The lowest BCUT2D eigenvalue weighted by Crippen LogP contribution is -2.34. The van der Waals surface area contributed by atoms with Crippen molar-refractivity contribution in [2.24, 2.45) is 0 Å². The number of aromatic nitrogens is 2. The maximum absolute atomic E-state index is 12.4. The van der Waals surface area contributed by atoms with E-state index < -0.39 is 0 Å². The van der Waals surface area contributed by atoms with Gasteiger partial charge < -0.3 is 10.1 Å². The molecule has 0 radical (unpaired) electrons. The number of hydrogen-bond donors (Lipinski definition) is 1. The van der Waals surface area contributed by atoms with Gasteiger partial charge in [0.15, 0.2) is 0 Å². The zero-order valence-electron chi connectivity index (χ0n) is 11.4.